The molecule has 0 radical (unpaired) electrons. The Hall–Kier alpha value is -1.77. The third kappa shape index (κ3) is 2.55. The number of hydrogen-bond donors (Lipinski definition) is 1. The van der Waals surface area contributed by atoms with Crippen LogP contribution < -0.4 is 5.73 Å². The van der Waals surface area contributed by atoms with Gasteiger partial charge in [0, 0.05) is 5.56 Å². The highest BCUT2D eigenvalue weighted by atomic mass is 15.3. The fraction of sp³-hybridized carbons (Fsp3) is 0.400. The molecule has 2 aromatic rings. The first-order chi connectivity index (χ1) is 8.59. The fourth-order valence-corrected chi connectivity index (χ4v) is 1.99. The van der Waals surface area contributed by atoms with E-state index in [0.717, 1.165) is 35.6 Å². The highest BCUT2D eigenvalue weighted by molar-refractivity contribution is 5.49. The number of nitrogens with zero attached hydrogens (tertiary/aromatic N) is 2. The molecule has 0 spiro atoms. The molecule has 0 saturated carbocycles. The van der Waals surface area contributed by atoms with E-state index in [4.69, 9.17) is 5.73 Å². The zero-order valence-corrected chi connectivity index (χ0v) is 11.4. The molecule has 0 saturated heterocycles. The van der Waals surface area contributed by atoms with E-state index in [1.165, 1.54) is 0 Å². The zero-order valence-electron chi connectivity index (χ0n) is 11.4. The van der Waals surface area contributed by atoms with Gasteiger partial charge in [0.2, 0.25) is 0 Å². The largest absolute Gasteiger partial charge is 0.383 e. The summed E-state index contributed by atoms with van der Waals surface area (Å²) in [5.41, 5.74) is 9.39. The first-order valence-corrected chi connectivity index (χ1v) is 6.49. The molecule has 1 heterocycles. The third-order valence-corrected chi connectivity index (χ3v) is 3.23. The van der Waals surface area contributed by atoms with Crippen molar-refractivity contribution >= 4 is 5.82 Å². The molecule has 3 heteroatoms. The van der Waals surface area contributed by atoms with E-state index in [0.29, 0.717) is 5.92 Å². The monoisotopic (exact) mass is 243 g/mol. The Morgan fingerprint density at radius 3 is 2.50 bits per heavy atom. The molecule has 1 aromatic carbocycles. The summed E-state index contributed by atoms with van der Waals surface area (Å²) in [4.78, 5) is 0. The molecule has 18 heavy (non-hydrogen) atoms. The maximum Gasteiger partial charge on any atom is 0.130 e. The number of para-hydroxylation sites is 1. The van der Waals surface area contributed by atoms with Gasteiger partial charge in [-0.25, -0.2) is 4.68 Å². The van der Waals surface area contributed by atoms with E-state index in [-0.39, 0.29) is 0 Å². The van der Waals surface area contributed by atoms with Crippen molar-refractivity contribution in [1.29, 1.82) is 0 Å². The molecule has 2 rings (SSSR count). The predicted molar refractivity (Wildman–Crippen MR) is 75.9 cm³/mol. The van der Waals surface area contributed by atoms with Crippen LogP contribution >= 0.6 is 0 Å². The van der Waals surface area contributed by atoms with Crippen LogP contribution in [0.2, 0.25) is 0 Å². The van der Waals surface area contributed by atoms with E-state index in [9.17, 15) is 0 Å². The van der Waals surface area contributed by atoms with E-state index >= 15 is 0 Å². The van der Waals surface area contributed by atoms with Crippen LogP contribution in [0, 0.1) is 12.8 Å². The van der Waals surface area contributed by atoms with E-state index in [1.807, 2.05) is 35.0 Å². The lowest BCUT2D eigenvalue weighted by Crippen LogP contribution is -2.02. The van der Waals surface area contributed by atoms with Gasteiger partial charge in [0.1, 0.15) is 5.82 Å². The maximum atomic E-state index is 6.14. The van der Waals surface area contributed by atoms with E-state index in [2.05, 4.69) is 25.9 Å². The Labute approximate surface area is 109 Å². The topological polar surface area (TPSA) is 43.8 Å². The summed E-state index contributed by atoms with van der Waals surface area (Å²) in [5.74, 6) is 1.44. The smallest absolute Gasteiger partial charge is 0.130 e. The van der Waals surface area contributed by atoms with Gasteiger partial charge in [0.25, 0.3) is 0 Å². The lowest BCUT2D eigenvalue weighted by Gasteiger charge is -2.03. The lowest BCUT2D eigenvalue weighted by atomic mass is 10.0. The van der Waals surface area contributed by atoms with Gasteiger partial charge in [-0.3, -0.25) is 0 Å². The fourth-order valence-electron chi connectivity index (χ4n) is 1.99. The Bertz CT molecular complexity index is 512. The predicted octanol–water partition coefficient (Wildman–Crippen LogP) is 3.35. The number of aromatic nitrogens is 2. The molecule has 0 fully saturated rings. The molecule has 2 N–H and O–H groups in total. The second kappa shape index (κ2) is 5.25. The SMILES string of the molecule is Cc1c(CCC(C)C)nn(-c2ccccc2)c1N. The summed E-state index contributed by atoms with van der Waals surface area (Å²) in [6.07, 6.45) is 2.14. The zero-order chi connectivity index (χ0) is 13.1. The number of hydrogen-bond acceptors (Lipinski definition) is 2. The van der Waals surface area contributed by atoms with Crippen LogP contribution in [0.25, 0.3) is 5.69 Å². The molecule has 0 aliphatic heterocycles. The van der Waals surface area contributed by atoms with E-state index in [1.54, 1.807) is 0 Å². The first-order valence-electron chi connectivity index (χ1n) is 6.49. The van der Waals surface area contributed by atoms with Crippen molar-refractivity contribution in [3.63, 3.8) is 0 Å². The van der Waals surface area contributed by atoms with Crippen molar-refractivity contribution in [2.75, 3.05) is 5.73 Å². The minimum atomic E-state index is 0.687. The van der Waals surface area contributed by atoms with Crippen LogP contribution in [0.1, 0.15) is 31.5 Å². The molecule has 3 nitrogen and oxygen atoms in total. The normalized spacial score (nSPS) is 11.1. The number of rotatable bonds is 4. The van der Waals surface area contributed by atoms with Crippen molar-refractivity contribution in [3.05, 3.63) is 41.6 Å². The average molecular weight is 243 g/mol. The van der Waals surface area contributed by atoms with Gasteiger partial charge in [-0.05, 0) is 37.8 Å². The van der Waals surface area contributed by atoms with E-state index < -0.39 is 0 Å². The quantitative estimate of drug-likeness (QED) is 0.895. The lowest BCUT2D eigenvalue weighted by molar-refractivity contribution is 0.578. The minimum Gasteiger partial charge on any atom is -0.383 e. The molecule has 0 atom stereocenters. The number of benzene rings is 1. The molecule has 1 aromatic heterocycles. The Kier molecular flexibility index (Phi) is 3.70. The Morgan fingerprint density at radius 1 is 1.22 bits per heavy atom. The second-order valence-electron chi connectivity index (χ2n) is 5.14. The number of aryl methyl sites for hydroxylation is 1. The van der Waals surface area contributed by atoms with Crippen molar-refractivity contribution in [2.45, 2.75) is 33.6 Å². The highest BCUT2D eigenvalue weighted by Gasteiger charge is 2.12. The van der Waals surface area contributed by atoms with Gasteiger partial charge in [-0.15, -0.1) is 0 Å². The van der Waals surface area contributed by atoms with Gasteiger partial charge in [0.05, 0.1) is 11.4 Å². The van der Waals surface area contributed by atoms with Gasteiger partial charge < -0.3 is 5.73 Å². The number of nitrogen functional groups attached to an aromatic ring is 1. The molecular weight excluding hydrogens is 222 g/mol. The Balaban J connectivity index is 2.31. The van der Waals surface area contributed by atoms with Gasteiger partial charge in [-0.2, -0.15) is 5.10 Å². The van der Waals surface area contributed by atoms with Crippen molar-refractivity contribution in [3.8, 4) is 5.69 Å². The average Bonchev–Trinajstić information content (AvgIpc) is 2.65. The summed E-state index contributed by atoms with van der Waals surface area (Å²) in [7, 11) is 0. The summed E-state index contributed by atoms with van der Waals surface area (Å²) in [6.45, 7) is 6.51. The highest BCUT2D eigenvalue weighted by Crippen LogP contribution is 2.21. The van der Waals surface area contributed by atoms with Crippen LogP contribution in [-0.2, 0) is 6.42 Å². The molecule has 0 aliphatic rings. The van der Waals surface area contributed by atoms with Crippen molar-refractivity contribution in [2.24, 2.45) is 5.92 Å². The standard InChI is InChI=1S/C15H21N3/c1-11(2)9-10-14-12(3)15(16)18(17-14)13-7-5-4-6-8-13/h4-8,11H,9-10,16H2,1-3H3. The molecule has 0 unspecified atom stereocenters. The molecule has 0 bridgehead atoms. The van der Waals surface area contributed by atoms with Gasteiger partial charge in [0.15, 0.2) is 0 Å². The third-order valence-electron chi connectivity index (χ3n) is 3.23. The summed E-state index contributed by atoms with van der Waals surface area (Å²) >= 11 is 0. The van der Waals surface area contributed by atoms with Gasteiger partial charge >= 0.3 is 0 Å². The van der Waals surface area contributed by atoms with Crippen LogP contribution in [0.4, 0.5) is 5.82 Å². The summed E-state index contributed by atoms with van der Waals surface area (Å²) in [5, 5.41) is 4.64. The maximum absolute atomic E-state index is 6.14. The molecule has 96 valence electrons. The van der Waals surface area contributed by atoms with Crippen LogP contribution in [0.15, 0.2) is 30.3 Å². The van der Waals surface area contributed by atoms with Crippen LogP contribution in [-0.4, -0.2) is 9.78 Å². The summed E-state index contributed by atoms with van der Waals surface area (Å²) < 4.78 is 1.84. The summed E-state index contributed by atoms with van der Waals surface area (Å²) in [6, 6.07) is 10.0. The van der Waals surface area contributed by atoms with Crippen molar-refractivity contribution < 1.29 is 0 Å². The number of nitrogens with two attached hydrogens (primary N) is 1. The second-order valence-corrected chi connectivity index (χ2v) is 5.14. The van der Waals surface area contributed by atoms with Crippen LogP contribution in [0.5, 0.6) is 0 Å². The molecule has 0 amide bonds. The number of anilines is 1. The minimum absolute atomic E-state index is 0.687. The molecular formula is C15H21N3. The van der Waals surface area contributed by atoms with Gasteiger partial charge in [-0.1, -0.05) is 32.0 Å². The Morgan fingerprint density at radius 2 is 1.89 bits per heavy atom. The molecule has 0 aliphatic carbocycles. The van der Waals surface area contributed by atoms with Crippen LogP contribution in [0.3, 0.4) is 0 Å². The van der Waals surface area contributed by atoms with Crippen molar-refractivity contribution in [1.82, 2.24) is 9.78 Å². The first kappa shape index (κ1) is 12.7.